The lowest BCUT2D eigenvalue weighted by atomic mass is 9.97. The van der Waals surface area contributed by atoms with Crippen LogP contribution in [0.5, 0.6) is 11.5 Å². The first-order valence-electron chi connectivity index (χ1n) is 6.51. The fraction of sp³-hybridized carbons (Fsp3) is 0.235. The Hall–Kier alpha value is -1.81. The maximum Gasteiger partial charge on any atom is 0.193 e. The van der Waals surface area contributed by atoms with Crippen LogP contribution >= 0.6 is 15.9 Å². The first kappa shape index (κ1) is 15.6. The zero-order chi connectivity index (χ0) is 15.6. The highest BCUT2D eigenvalue weighted by Gasteiger charge is 2.15. The molecule has 110 valence electrons. The maximum atomic E-state index is 12.7. The second kappa shape index (κ2) is 6.31. The summed E-state index contributed by atoms with van der Waals surface area (Å²) in [4.78, 5) is 12.7. The number of ketones is 1. The lowest BCUT2D eigenvalue weighted by Crippen LogP contribution is -2.05. The van der Waals surface area contributed by atoms with Gasteiger partial charge in [0.1, 0.15) is 0 Å². The van der Waals surface area contributed by atoms with Crippen molar-refractivity contribution in [2.45, 2.75) is 13.8 Å². The van der Waals surface area contributed by atoms with Gasteiger partial charge in [0.2, 0.25) is 0 Å². The predicted octanol–water partition coefficient (Wildman–Crippen LogP) is 4.31. The number of hydrogen-bond acceptors (Lipinski definition) is 3. The molecule has 2 rings (SSSR count). The third-order valence-corrected chi connectivity index (χ3v) is 4.25. The Morgan fingerprint density at radius 3 is 2.24 bits per heavy atom. The van der Waals surface area contributed by atoms with E-state index in [2.05, 4.69) is 15.9 Å². The number of aryl methyl sites for hydroxylation is 2. The van der Waals surface area contributed by atoms with Crippen LogP contribution in [0.2, 0.25) is 0 Å². The van der Waals surface area contributed by atoms with Gasteiger partial charge in [-0.15, -0.1) is 0 Å². The molecule has 21 heavy (non-hydrogen) atoms. The molecule has 0 atom stereocenters. The number of rotatable bonds is 4. The standard InChI is InChI=1S/C17H17BrO3/c1-10-8-14(18)11(2)7-13(10)17(19)12-5-6-15(20-3)16(9-12)21-4/h5-9H,1-4H3. The molecule has 2 aromatic carbocycles. The number of ether oxygens (including phenoxy) is 2. The van der Waals surface area contributed by atoms with Crippen molar-refractivity contribution < 1.29 is 14.3 Å². The van der Waals surface area contributed by atoms with E-state index in [1.54, 1.807) is 32.4 Å². The molecule has 0 saturated carbocycles. The Kier molecular flexibility index (Phi) is 4.68. The van der Waals surface area contributed by atoms with Gasteiger partial charge < -0.3 is 9.47 Å². The largest absolute Gasteiger partial charge is 0.493 e. The van der Waals surface area contributed by atoms with Crippen LogP contribution in [0.15, 0.2) is 34.8 Å². The highest BCUT2D eigenvalue weighted by atomic mass is 79.9. The van der Waals surface area contributed by atoms with Crippen molar-refractivity contribution >= 4 is 21.7 Å². The van der Waals surface area contributed by atoms with Gasteiger partial charge >= 0.3 is 0 Å². The van der Waals surface area contributed by atoms with Crippen LogP contribution < -0.4 is 9.47 Å². The lowest BCUT2D eigenvalue weighted by Gasteiger charge is -2.11. The molecule has 0 aromatic heterocycles. The smallest absolute Gasteiger partial charge is 0.193 e. The molecule has 0 aliphatic carbocycles. The van der Waals surface area contributed by atoms with Crippen LogP contribution in [-0.2, 0) is 0 Å². The third-order valence-electron chi connectivity index (χ3n) is 3.40. The second-order valence-corrected chi connectivity index (χ2v) is 5.67. The van der Waals surface area contributed by atoms with Gasteiger partial charge in [-0.2, -0.15) is 0 Å². The quantitative estimate of drug-likeness (QED) is 0.772. The molecular weight excluding hydrogens is 332 g/mol. The molecule has 0 aliphatic heterocycles. The van der Waals surface area contributed by atoms with E-state index in [-0.39, 0.29) is 5.78 Å². The zero-order valence-electron chi connectivity index (χ0n) is 12.5. The van der Waals surface area contributed by atoms with Gasteiger partial charge in [0.25, 0.3) is 0 Å². The molecule has 2 aromatic rings. The SMILES string of the molecule is COc1ccc(C(=O)c2cc(C)c(Br)cc2C)cc1OC. The van der Waals surface area contributed by atoms with Crippen LogP contribution in [0.25, 0.3) is 0 Å². The fourth-order valence-electron chi connectivity index (χ4n) is 2.16. The van der Waals surface area contributed by atoms with Gasteiger partial charge in [-0.05, 0) is 55.3 Å². The Labute approximate surface area is 133 Å². The first-order valence-corrected chi connectivity index (χ1v) is 7.30. The molecule has 0 unspecified atom stereocenters. The summed E-state index contributed by atoms with van der Waals surface area (Å²) < 4.78 is 11.4. The Bertz CT molecular complexity index is 693. The molecule has 0 amide bonds. The minimum atomic E-state index is -0.0240. The topological polar surface area (TPSA) is 35.5 Å². The van der Waals surface area contributed by atoms with Crippen LogP contribution in [0.3, 0.4) is 0 Å². The van der Waals surface area contributed by atoms with Crippen molar-refractivity contribution in [1.29, 1.82) is 0 Å². The fourth-order valence-corrected chi connectivity index (χ4v) is 2.62. The van der Waals surface area contributed by atoms with Gasteiger partial charge in [-0.25, -0.2) is 0 Å². The van der Waals surface area contributed by atoms with E-state index in [1.165, 1.54) is 0 Å². The van der Waals surface area contributed by atoms with E-state index in [0.717, 1.165) is 15.6 Å². The monoisotopic (exact) mass is 348 g/mol. The molecule has 0 saturated heterocycles. The van der Waals surface area contributed by atoms with Crippen molar-refractivity contribution in [1.82, 2.24) is 0 Å². The molecule has 4 heteroatoms. The number of methoxy groups -OCH3 is 2. The van der Waals surface area contributed by atoms with Crippen molar-refractivity contribution in [3.8, 4) is 11.5 Å². The minimum absolute atomic E-state index is 0.0240. The number of halogens is 1. The third kappa shape index (κ3) is 3.10. The van der Waals surface area contributed by atoms with Crippen LogP contribution in [0, 0.1) is 13.8 Å². The summed E-state index contributed by atoms with van der Waals surface area (Å²) >= 11 is 3.48. The molecule has 0 radical (unpaired) electrons. The first-order chi connectivity index (χ1) is 9.97. The van der Waals surface area contributed by atoms with E-state index >= 15 is 0 Å². The van der Waals surface area contributed by atoms with Crippen LogP contribution in [-0.4, -0.2) is 20.0 Å². The number of hydrogen-bond donors (Lipinski definition) is 0. The summed E-state index contributed by atoms with van der Waals surface area (Å²) in [5, 5.41) is 0. The van der Waals surface area contributed by atoms with Gasteiger partial charge in [0.15, 0.2) is 17.3 Å². The number of carbonyl (C=O) groups is 1. The van der Waals surface area contributed by atoms with Gasteiger partial charge in [-0.1, -0.05) is 15.9 Å². The zero-order valence-corrected chi connectivity index (χ0v) is 14.1. The summed E-state index contributed by atoms with van der Waals surface area (Å²) in [5.74, 6) is 1.14. The van der Waals surface area contributed by atoms with Crippen molar-refractivity contribution in [3.63, 3.8) is 0 Å². The molecule has 3 nitrogen and oxygen atoms in total. The predicted molar refractivity (Wildman–Crippen MR) is 86.6 cm³/mol. The summed E-state index contributed by atoms with van der Waals surface area (Å²) in [6.07, 6.45) is 0. The number of benzene rings is 2. The summed E-state index contributed by atoms with van der Waals surface area (Å²) in [7, 11) is 3.13. The van der Waals surface area contributed by atoms with E-state index in [1.807, 2.05) is 26.0 Å². The van der Waals surface area contributed by atoms with Crippen molar-refractivity contribution in [2.75, 3.05) is 14.2 Å². The molecular formula is C17H17BrO3. The molecule has 0 N–H and O–H groups in total. The second-order valence-electron chi connectivity index (χ2n) is 4.82. The normalized spacial score (nSPS) is 10.3. The van der Waals surface area contributed by atoms with Gasteiger partial charge in [0.05, 0.1) is 14.2 Å². The molecule has 0 aliphatic rings. The number of carbonyl (C=O) groups excluding carboxylic acids is 1. The summed E-state index contributed by atoms with van der Waals surface area (Å²) in [5.41, 5.74) is 3.25. The average molecular weight is 349 g/mol. The molecule has 0 fully saturated rings. The highest BCUT2D eigenvalue weighted by molar-refractivity contribution is 9.10. The van der Waals surface area contributed by atoms with E-state index in [4.69, 9.17) is 9.47 Å². The van der Waals surface area contributed by atoms with Crippen molar-refractivity contribution in [3.05, 3.63) is 57.1 Å². The van der Waals surface area contributed by atoms with Gasteiger partial charge in [-0.3, -0.25) is 4.79 Å². The Balaban J connectivity index is 2.47. The maximum absolute atomic E-state index is 12.7. The Morgan fingerprint density at radius 2 is 1.62 bits per heavy atom. The highest BCUT2D eigenvalue weighted by Crippen LogP contribution is 2.29. The lowest BCUT2D eigenvalue weighted by molar-refractivity contribution is 0.103. The molecule has 0 spiro atoms. The average Bonchev–Trinajstić information content (AvgIpc) is 2.49. The minimum Gasteiger partial charge on any atom is -0.493 e. The van der Waals surface area contributed by atoms with E-state index in [9.17, 15) is 4.79 Å². The molecule has 0 bridgehead atoms. The van der Waals surface area contributed by atoms with Crippen LogP contribution in [0.4, 0.5) is 0 Å². The summed E-state index contributed by atoms with van der Waals surface area (Å²) in [6, 6.07) is 9.06. The van der Waals surface area contributed by atoms with E-state index in [0.29, 0.717) is 22.6 Å². The Morgan fingerprint density at radius 1 is 0.952 bits per heavy atom. The van der Waals surface area contributed by atoms with Crippen molar-refractivity contribution in [2.24, 2.45) is 0 Å². The summed E-state index contributed by atoms with van der Waals surface area (Å²) in [6.45, 7) is 3.90. The van der Waals surface area contributed by atoms with Crippen LogP contribution in [0.1, 0.15) is 27.0 Å². The molecule has 0 heterocycles. The van der Waals surface area contributed by atoms with E-state index < -0.39 is 0 Å². The van der Waals surface area contributed by atoms with Gasteiger partial charge in [0, 0.05) is 15.6 Å².